The van der Waals surface area contributed by atoms with E-state index in [2.05, 4.69) is 0 Å². The van der Waals surface area contributed by atoms with Crippen LogP contribution in [0.15, 0.2) is 40.6 Å². The molecule has 1 aliphatic rings. The number of hydrogen-bond acceptors (Lipinski definition) is 3. The summed E-state index contributed by atoms with van der Waals surface area (Å²) in [6.45, 7) is 1.26. The van der Waals surface area contributed by atoms with Gasteiger partial charge in [0.2, 0.25) is 5.91 Å². The van der Waals surface area contributed by atoms with E-state index in [-0.39, 0.29) is 25.5 Å². The second kappa shape index (κ2) is 6.23. The molecule has 2 aromatic heterocycles. The highest BCUT2D eigenvalue weighted by molar-refractivity contribution is 7.17. The Bertz CT molecular complexity index is 1110. The van der Waals surface area contributed by atoms with Crippen molar-refractivity contribution in [2.45, 2.75) is 19.1 Å². The van der Waals surface area contributed by atoms with Crippen LogP contribution in [0.5, 0.6) is 0 Å². The highest BCUT2D eigenvalue weighted by atomic mass is 32.1. The lowest BCUT2D eigenvalue weighted by Gasteiger charge is -2.42. The van der Waals surface area contributed by atoms with Gasteiger partial charge in [-0.3, -0.25) is 9.59 Å². The summed E-state index contributed by atoms with van der Waals surface area (Å²) in [7, 11) is 0. The fourth-order valence-corrected chi connectivity index (χ4v) is 4.21. The molecule has 4 rings (SSSR count). The highest BCUT2D eigenvalue weighted by Crippen LogP contribution is 2.32. The van der Waals surface area contributed by atoms with Crippen LogP contribution in [0.1, 0.15) is 6.92 Å². The molecular formula is C19H15F3N2O2S. The van der Waals surface area contributed by atoms with Crippen molar-refractivity contribution in [1.29, 1.82) is 0 Å². The molecule has 3 aromatic rings. The standard InChI is InChI=1S/C19H15F3N2O2S/c1-19(22)9-24(10-19)16(25)7-23-5-4-15-17(18(23)26)12(8-27-15)11-2-3-13(20)14(21)6-11/h2-6,8H,7,9-10H2,1H3. The molecule has 4 nitrogen and oxygen atoms in total. The van der Waals surface area contributed by atoms with Crippen LogP contribution < -0.4 is 5.56 Å². The van der Waals surface area contributed by atoms with Crippen molar-refractivity contribution >= 4 is 27.3 Å². The van der Waals surface area contributed by atoms with Crippen LogP contribution in [0.4, 0.5) is 13.2 Å². The maximum atomic E-state index is 13.6. The van der Waals surface area contributed by atoms with Gasteiger partial charge in [-0.2, -0.15) is 0 Å². The van der Waals surface area contributed by atoms with Crippen molar-refractivity contribution in [2.24, 2.45) is 0 Å². The molecule has 0 spiro atoms. The van der Waals surface area contributed by atoms with Crippen molar-refractivity contribution in [3.05, 3.63) is 57.8 Å². The minimum Gasteiger partial charge on any atom is -0.335 e. The van der Waals surface area contributed by atoms with Gasteiger partial charge in [-0.1, -0.05) is 6.07 Å². The van der Waals surface area contributed by atoms with Gasteiger partial charge >= 0.3 is 0 Å². The first-order chi connectivity index (χ1) is 12.7. The number of halogens is 3. The topological polar surface area (TPSA) is 42.3 Å². The average Bonchev–Trinajstić information content (AvgIpc) is 3.02. The minimum atomic E-state index is -1.38. The summed E-state index contributed by atoms with van der Waals surface area (Å²) < 4.78 is 42.3. The van der Waals surface area contributed by atoms with Gasteiger partial charge in [0.15, 0.2) is 11.6 Å². The Labute approximate surface area is 156 Å². The van der Waals surface area contributed by atoms with Crippen LogP contribution in [-0.4, -0.2) is 34.1 Å². The number of fused-ring (bicyclic) bond motifs is 1. The fraction of sp³-hybridized carbons (Fsp3) is 0.263. The predicted octanol–water partition coefficient (Wildman–Crippen LogP) is 3.58. The summed E-state index contributed by atoms with van der Waals surface area (Å²) >= 11 is 1.31. The van der Waals surface area contributed by atoms with Gasteiger partial charge < -0.3 is 9.47 Å². The number of carbonyl (C=O) groups excluding carboxylic acids is 1. The van der Waals surface area contributed by atoms with Crippen LogP contribution >= 0.6 is 11.3 Å². The van der Waals surface area contributed by atoms with Crippen molar-refractivity contribution in [3.8, 4) is 11.1 Å². The Morgan fingerprint density at radius 1 is 1.22 bits per heavy atom. The first-order valence-electron chi connectivity index (χ1n) is 8.28. The Balaban J connectivity index is 1.70. The second-order valence-corrected chi connectivity index (χ2v) is 7.84. The second-order valence-electron chi connectivity index (χ2n) is 6.93. The maximum Gasteiger partial charge on any atom is 0.260 e. The molecule has 1 amide bonds. The zero-order valence-electron chi connectivity index (χ0n) is 14.3. The molecule has 1 aliphatic heterocycles. The normalized spacial score (nSPS) is 15.8. The Kier molecular flexibility index (Phi) is 4.10. The Morgan fingerprint density at radius 3 is 2.63 bits per heavy atom. The van der Waals surface area contributed by atoms with Crippen molar-refractivity contribution in [2.75, 3.05) is 13.1 Å². The van der Waals surface area contributed by atoms with Gasteiger partial charge in [0.1, 0.15) is 12.2 Å². The maximum absolute atomic E-state index is 13.6. The van der Waals surface area contributed by atoms with Gasteiger partial charge in [-0.05, 0) is 30.7 Å². The zero-order chi connectivity index (χ0) is 19.3. The molecule has 1 fully saturated rings. The van der Waals surface area contributed by atoms with Crippen LogP contribution in [-0.2, 0) is 11.3 Å². The lowest BCUT2D eigenvalue weighted by Crippen LogP contribution is -2.60. The third-order valence-corrected chi connectivity index (χ3v) is 5.58. The smallest absolute Gasteiger partial charge is 0.260 e. The van der Waals surface area contributed by atoms with Gasteiger partial charge in [-0.15, -0.1) is 11.3 Å². The number of likely N-dealkylation sites (tertiary alicyclic amines) is 1. The summed E-state index contributed by atoms with van der Waals surface area (Å²) in [5, 5.41) is 2.05. The van der Waals surface area contributed by atoms with E-state index >= 15 is 0 Å². The van der Waals surface area contributed by atoms with Gasteiger partial charge in [0, 0.05) is 21.8 Å². The first-order valence-corrected chi connectivity index (χ1v) is 9.16. The summed E-state index contributed by atoms with van der Waals surface area (Å²) in [5.41, 5.74) is -0.902. The number of alkyl halides is 1. The molecule has 0 bridgehead atoms. The van der Waals surface area contributed by atoms with E-state index in [1.54, 1.807) is 11.4 Å². The SMILES string of the molecule is CC1(F)CN(C(=O)Cn2ccc3scc(-c4ccc(F)c(F)c4)c3c2=O)C1. The molecule has 3 heterocycles. The molecule has 0 saturated carbocycles. The van der Waals surface area contributed by atoms with Crippen molar-refractivity contribution in [3.63, 3.8) is 0 Å². The predicted molar refractivity (Wildman–Crippen MR) is 97.5 cm³/mol. The summed E-state index contributed by atoms with van der Waals surface area (Å²) in [4.78, 5) is 26.5. The number of hydrogen-bond donors (Lipinski definition) is 0. The zero-order valence-corrected chi connectivity index (χ0v) is 15.2. The lowest BCUT2D eigenvalue weighted by atomic mass is 9.99. The minimum absolute atomic E-state index is 0.0153. The molecule has 1 saturated heterocycles. The summed E-state index contributed by atoms with van der Waals surface area (Å²) in [6, 6.07) is 5.16. The largest absolute Gasteiger partial charge is 0.335 e. The number of aromatic nitrogens is 1. The molecule has 0 aliphatic carbocycles. The number of thiophene rings is 1. The van der Waals surface area contributed by atoms with Gasteiger partial charge in [0.25, 0.3) is 5.56 Å². The molecule has 27 heavy (non-hydrogen) atoms. The van der Waals surface area contributed by atoms with Gasteiger partial charge in [0.05, 0.1) is 18.5 Å². The van der Waals surface area contributed by atoms with E-state index < -0.39 is 22.9 Å². The van der Waals surface area contributed by atoms with E-state index in [1.807, 2.05) is 0 Å². The van der Waals surface area contributed by atoms with E-state index in [0.29, 0.717) is 21.2 Å². The fourth-order valence-electron chi connectivity index (χ4n) is 3.26. The number of carbonyl (C=O) groups is 1. The van der Waals surface area contributed by atoms with Crippen LogP contribution in [0, 0.1) is 11.6 Å². The van der Waals surface area contributed by atoms with Crippen LogP contribution in [0.2, 0.25) is 0 Å². The average molecular weight is 392 g/mol. The summed E-state index contributed by atoms with van der Waals surface area (Å²) in [5.74, 6) is -2.29. The lowest BCUT2D eigenvalue weighted by molar-refractivity contribution is -0.144. The molecule has 0 radical (unpaired) electrons. The summed E-state index contributed by atoms with van der Waals surface area (Å²) in [6.07, 6.45) is 1.52. The molecule has 0 unspecified atom stereocenters. The number of rotatable bonds is 3. The molecule has 0 N–H and O–H groups in total. The first kappa shape index (κ1) is 17.8. The van der Waals surface area contributed by atoms with E-state index in [9.17, 15) is 22.8 Å². The molecule has 0 atom stereocenters. The number of benzene rings is 1. The van der Waals surface area contributed by atoms with E-state index in [0.717, 1.165) is 12.1 Å². The molecule has 140 valence electrons. The van der Waals surface area contributed by atoms with Crippen LogP contribution in [0.25, 0.3) is 21.2 Å². The van der Waals surface area contributed by atoms with Gasteiger partial charge in [-0.25, -0.2) is 13.2 Å². The number of amides is 1. The monoisotopic (exact) mass is 392 g/mol. The molecule has 1 aromatic carbocycles. The Hall–Kier alpha value is -2.61. The number of pyridine rings is 1. The molecular weight excluding hydrogens is 377 g/mol. The van der Waals surface area contributed by atoms with Crippen LogP contribution in [0.3, 0.4) is 0 Å². The third kappa shape index (κ3) is 3.14. The Morgan fingerprint density at radius 2 is 1.96 bits per heavy atom. The quantitative estimate of drug-likeness (QED) is 0.684. The molecule has 8 heteroatoms. The number of nitrogens with zero attached hydrogens (tertiary/aromatic N) is 2. The third-order valence-electron chi connectivity index (χ3n) is 4.63. The van der Waals surface area contributed by atoms with E-state index in [1.165, 1.54) is 40.0 Å². The van der Waals surface area contributed by atoms with Crippen molar-refractivity contribution < 1.29 is 18.0 Å². The van der Waals surface area contributed by atoms with E-state index in [4.69, 9.17) is 0 Å². The van der Waals surface area contributed by atoms with Crippen molar-refractivity contribution in [1.82, 2.24) is 9.47 Å². The highest BCUT2D eigenvalue weighted by Gasteiger charge is 2.41.